The van der Waals surface area contributed by atoms with E-state index in [1.807, 2.05) is 40.7 Å². The van der Waals surface area contributed by atoms with Gasteiger partial charge in [0.15, 0.2) is 0 Å². The average molecular weight is 373 g/mol. The Balaban J connectivity index is 1.83. The predicted octanol–water partition coefficient (Wildman–Crippen LogP) is 2.53. The first-order valence-corrected chi connectivity index (χ1v) is 9.25. The predicted molar refractivity (Wildman–Crippen MR) is 103 cm³/mol. The number of hydrogen-bond donors (Lipinski definition) is 3. The fourth-order valence-electron chi connectivity index (χ4n) is 3.24. The third-order valence-corrected chi connectivity index (χ3v) is 4.20. The van der Waals surface area contributed by atoms with Gasteiger partial charge >= 0.3 is 0 Å². The Morgan fingerprint density at radius 1 is 1.33 bits per heavy atom. The zero-order chi connectivity index (χ0) is 19.8. The minimum Gasteiger partial charge on any atom is -0.493 e. The summed E-state index contributed by atoms with van der Waals surface area (Å²) in [6, 6.07) is 3.72. The van der Waals surface area contributed by atoms with Gasteiger partial charge in [0.25, 0.3) is 5.91 Å². The number of H-pyrrole nitrogens is 1. The Morgan fingerprint density at radius 3 is 2.74 bits per heavy atom. The van der Waals surface area contributed by atoms with E-state index in [1.54, 1.807) is 6.07 Å². The molecule has 2 aromatic rings. The Kier molecular flexibility index (Phi) is 5.04. The van der Waals surface area contributed by atoms with Crippen LogP contribution >= 0.6 is 0 Å². The summed E-state index contributed by atoms with van der Waals surface area (Å²) in [6.07, 6.45) is 0.889. The molecule has 0 radical (unpaired) electrons. The monoisotopic (exact) mass is 373 g/mol. The molecule has 1 atom stereocenters. The van der Waals surface area contributed by atoms with E-state index in [1.165, 1.54) is 0 Å². The second kappa shape index (κ2) is 7.13. The van der Waals surface area contributed by atoms with Crippen molar-refractivity contribution < 1.29 is 19.1 Å². The molecule has 0 saturated carbocycles. The average Bonchev–Trinajstić information content (AvgIpc) is 3.14. The minimum atomic E-state index is -0.350. The third kappa shape index (κ3) is 4.18. The molecule has 3 rings (SSSR count). The van der Waals surface area contributed by atoms with Crippen molar-refractivity contribution in [1.29, 1.82) is 0 Å². The number of benzene rings is 1. The van der Waals surface area contributed by atoms with Crippen LogP contribution in [-0.2, 0) is 11.2 Å². The van der Waals surface area contributed by atoms with Crippen LogP contribution < -0.4 is 20.1 Å². The Bertz CT molecular complexity index is 879. The van der Waals surface area contributed by atoms with Crippen LogP contribution in [0.4, 0.5) is 0 Å². The number of aromatic amines is 1. The van der Waals surface area contributed by atoms with E-state index >= 15 is 0 Å². The molecular formula is C20H27N3O4. The second-order valence-electron chi connectivity index (χ2n) is 7.88. The summed E-state index contributed by atoms with van der Waals surface area (Å²) in [7, 11) is 0. The van der Waals surface area contributed by atoms with Gasteiger partial charge in [-0.2, -0.15) is 0 Å². The summed E-state index contributed by atoms with van der Waals surface area (Å²) in [5.74, 6) is 0.910. The molecule has 0 bridgehead atoms. The SMILES string of the molecule is CCOc1cc2c(c3[nH]c(C(=O)NCC(=O)NC(C)(C)C)cc13)O[C@@H](C)C2. The van der Waals surface area contributed by atoms with Crippen molar-refractivity contribution in [3.63, 3.8) is 0 Å². The van der Waals surface area contributed by atoms with E-state index in [-0.39, 0.29) is 30.0 Å². The molecule has 2 heterocycles. The summed E-state index contributed by atoms with van der Waals surface area (Å²) in [5.41, 5.74) is 1.84. The van der Waals surface area contributed by atoms with Gasteiger partial charge < -0.3 is 25.1 Å². The van der Waals surface area contributed by atoms with Gasteiger partial charge in [-0.05, 0) is 46.8 Å². The molecule has 7 heteroatoms. The lowest BCUT2D eigenvalue weighted by atomic mass is 10.1. The van der Waals surface area contributed by atoms with E-state index in [2.05, 4.69) is 15.6 Å². The molecule has 27 heavy (non-hydrogen) atoms. The van der Waals surface area contributed by atoms with Gasteiger partial charge in [-0.25, -0.2) is 0 Å². The molecule has 1 aliphatic rings. The van der Waals surface area contributed by atoms with Crippen LogP contribution in [0.1, 0.15) is 50.7 Å². The highest BCUT2D eigenvalue weighted by atomic mass is 16.5. The Labute approximate surface area is 158 Å². The van der Waals surface area contributed by atoms with Crippen molar-refractivity contribution in [2.75, 3.05) is 13.2 Å². The van der Waals surface area contributed by atoms with Gasteiger partial charge in [0.2, 0.25) is 5.91 Å². The number of amides is 2. The normalized spacial score (nSPS) is 16.0. The first-order chi connectivity index (χ1) is 12.7. The van der Waals surface area contributed by atoms with Crippen LogP contribution in [0.5, 0.6) is 11.5 Å². The lowest BCUT2D eigenvalue weighted by Gasteiger charge is -2.20. The number of carbonyl (C=O) groups is 2. The number of rotatable bonds is 5. The highest BCUT2D eigenvalue weighted by Gasteiger charge is 2.26. The maximum Gasteiger partial charge on any atom is 0.268 e. The number of ether oxygens (including phenoxy) is 2. The number of fused-ring (bicyclic) bond motifs is 3. The van der Waals surface area contributed by atoms with E-state index in [4.69, 9.17) is 9.47 Å². The van der Waals surface area contributed by atoms with E-state index < -0.39 is 0 Å². The van der Waals surface area contributed by atoms with Crippen LogP contribution in [0.3, 0.4) is 0 Å². The highest BCUT2D eigenvalue weighted by Crippen LogP contribution is 2.41. The lowest BCUT2D eigenvalue weighted by Crippen LogP contribution is -2.45. The molecule has 0 saturated heterocycles. The van der Waals surface area contributed by atoms with Crippen molar-refractivity contribution in [3.05, 3.63) is 23.4 Å². The summed E-state index contributed by atoms with van der Waals surface area (Å²) in [6.45, 7) is 10.0. The van der Waals surface area contributed by atoms with Crippen molar-refractivity contribution >= 4 is 22.7 Å². The Hall–Kier alpha value is -2.70. The van der Waals surface area contributed by atoms with Gasteiger partial charge in [0.1, 0.15) is 23.3 Å². The first kappa shape index (κ1) is 19.1. The third-order valence-electron chi connectivity index (χ3n) is 4.20. The first-order valence-electron chi connectivity index (χ1n) is 9.25. The molecule has 3 N–H and O–H groups in total. The molecule has 0 fully saturated rings. The molecule has 7 nitrogen and oxygen atoms in total. The zero-order valence-corrected chi connectivity index (χ0v) is 16.5. The maximum absolute atomic E-state index is 12.5. The molecular weight excluding hydrogens is 346 g/mol. The van der Waals surface area contributed by atoms with Gasteiger partial charge in [-0.1, -0.05) is 0 Å². The number of aromatic nitrogens is 1. The zero-order valence-electron chi connectivity index (χ0n) is 16.5. The van der Waals surface area contributed by atoms with Crippen molar-refractivity contribution in [3.8, 4) is 11.5 Å². The number of hydrogen-bond acceptors (Lipinski definition) is 4. The highest BCUT2D eigenvalue weighted by molar-refractivity contribution is 6.03. The van der Waals surface area contributed by atoms with Crippen LogP contribution in [0.2, 0.25) is 0 Å². The van der Waals surface area contributed by atoms with Crippen LogP contribution in [0.25, 0.3) is 10.9 Å². The van der Waals surface area contributed by atoms with Crippen LogP contribution in [0, 0.1) is 0 Å². The van der Waals surface area contributed by atoms with Crippen LogP contribution in [0.15, 0.2) is 12.1 Å². The molecule has 1 aromatic carbocycles. The molecule has 0 aliphatic carbocycles. The molecule has 146 valence electrons. The van der Waals surface area contributed by atoms with Gasteiger partial charge in [-0.3, -0.25) is 9.59 Å². The fraction of sp³-hybridized carbons (Fsp3) is 0.500. The van der Waals surface area contributed by atoms with E-state index in [0.717, 1.165) is 34.4 Å². The smallest absolute Gasteiger partial charge is 0.268 e. The topological polar surface area (TPSA) is 92.5 Å². The number of carbonyl (C=O) groups excluding carboxylic acids is 2. The minimum absolute atomic E-state index is 0.0850. The summed E-state index contributed by atoms with van der Waals surface area (Å²) in [4.78, 5) is 27.6. The van der Waals surface area contributed by atoms with Crippen molar-refractivity contribution in [2.45, 2.75) is 52.7 Å². The van der Waals surface area contributed by atoms with Gasteiger partial charge in [-0.15, -0.1) is 0 Å². The fourth-order valence-corrected chi connectivity index (χ4v) is 3.24. The standard InChI is InChI=1S/C20H27N3O4/c1-6-26-15-8-12-7-11(2)27-18(12)17-13(15)9-14(22-17)19(25)21-10-16(24)23-20(3,4)5/h8-9,11,22H,6-7,10H2,1-5H3,(H,21,25)(H,23,24)/t11-/m0/s1. The number of nitrogens with one attached hydrogen (secondary N) is 3. The van der Waals surface area contributed by atoms with Gasteiger partial charge in [0.05, 0.1) is 18.7 Å². The molecule has 0 unspecified atom stereocenters. The van der Waals surface area contributed by atoms with Crippen LogP contribution in [-0.4, -0.2) is 41.6 Å². The molecule has 0 spiro atoms. The van der Waals surface area contributed by atoms with E-state index in [9.17, 15) is 9.59 Å². The summed E-state index contributed by atoms with van der Waals surface area (Å²) < 4.78 is 11.7. The maximum atomic E-state index is 12.5. The molecule has 2 amide bonds. The molecule has 1 aliphatic heterocycles. The Morgan fingerprint density at radius 2 is 2.07 bits per heavy atom. The van der Waals surface area contributed by atoms with Crippen molar-refractivity contribution in [2.24, 2.45) is 0 Å². The second-order valence-corrected chi connectivity index (χ2v) is 7.88. The van der Waals surface area contributed by atoms with E-state index in [0.29, 0.717) is 12.3 Å². The van der Waals surface area contributed by atoms with Gasteiger partial charge in [0, 0.05) is 22.9 Å². The lowest BCUT2D eigenvalue weighted by molar-refractivity contribution is -0.121. The summed E-state index contributed by atoms with van der Waals surface area (Å²) in [5, 5.41) is 6.26. The summed E-state index contributed by atoms with van der Waals surface area (Å²) >= 11 is 0. The van der Waals surface area contributed by atoms with Crippen molar-refractivity contribution in [1.82, 2.24) is 15.6 Å². The quantitative estimate of drug-likeness (QED) is 0.751. The largest absolute Gasteiger partial charge is 0.493 e. The molecule has 1 aromatic heterocycles.